The Kier molecular flexibility index (Phi) is 5.84. The third-order valence-corrected chi connectivity index (χ3v) is 6.12. The minimum atomic E-state index is -1.37. The number of nitrogens with zero attached hydrogens (tertiary/aromatic N) is 3. The number of aromatic nitrogens is 2. The van der Waals surface area contributed by atoms with Gasteiger partial charge < -0.3 is 4.90 Å². The van der Waals surface area contributed by atoms with Crippen molar-refractivity contribution in [2.24, 2.45) is 0 Å². The summed E-state index contributed by atoms with van der Waals surface area (Å²) in [6.07, 6.45) is 0.873. The minimum absolute atomic E-state index is 0.161. The molecule has 0 bridgehead atoms. The fourth-order valence-electron chi connectivity index (χ4n) is 4.28. The number of aryl methyl sites for hydroxylation is 2. The molecule has 7 heteroatoms. The quantitative estimate of drug-likeness (QED) is 0.556. The number of halogens is 3. The first-order chi connectivity index (χ1) is 14.7. The van der Waals surface area contributed by atoms with Gasteiger partial charge in [-0.15, -0.1) is 0 Å². The van der Waals surface area contributed by atoms with Crippen LogP contribution in [0.4, 0.5) is 14.5 Å². The number of hydrogen-bond donors (Lipinski definition) is 0. The maximum atomic E-state index is 15.4. The molecule has 0 saturated carbocycles. The number of rotatable bonds is 4. The van der Waals surface area contributed by atoms with Crippen molar-refractivity contribution in [2.75, 3.05) is 18.0 Å². The van der Waals surface area contributed by atoms with Gasteiger partial charge in [-0.3, -0.25) is 9.36 Å². The van der Waals surface area contributed by atoms with Crippen LogP contribution in [0.2, 0.25) is 5.02 Å². The van der Waals surface area contributed by atoms with Crippen molar-refractivity contribution < 1.29 is 8.78 Å². The van der Waals surface area contributed by atoms with Crippen molar-refractivity contribution in [3.63, 3.8) is 0 Å². The van der Waals surface area contributed by atoms with Gasteiger partial charge in [0.1, 0.15) is 17.3 Å². The lowest BCUT2D eigenvalue weighted by atomic mass is 9.87. The molecule has 1 aliphatic rings. The first kappa shape index (κ1) is 21.5. The number of benzene rings is 2. The third-order valence-electron chi connectivity index (χ3n) is 5.81. The van der Waals surface area contributed by atoms with Crippen LogP contribution in [0.15, 0.2) is 53.3 Å². The lowest BCUT2D eigenvalue weighted by Gasteiger charge is -2.38. The maximum absolute atomic E-state index is 15.4. The maximum Gasteiger partial charge on any atom is 0.258 e. The summed E-state index contributed by atoms with van der Waals surface area (Å²) in [6.45, 7) is 4.58. The van der Waals surface area contributed by atoms with Gasteiger partial charge in [0, 0.05) is 31.3 Å². The van der Waals surface area contributed by atoms with Crippen LogP contribution in [0.5, 0.6) is 0 Å². The van der Waals surface area contributed by atoms with E-state index in [0.717, 1.165) is 5.69 Å². The van der Waals surface area contributed by atoms with E-state index < -0.39 is 5.67 Å². The fourth-order valence-corrected chi connectivity index (χ4v) is 4.58. The van der Waals surface area contributed by atoms with Crippen molar-refractivity contribution in [3.8, 4) is 5.69 Å². The SMILES string of the molecule is Cc1cc(=O)n(-c2ccc(N3CCC(F)(Cc4cccc(F)c4)CC3)c(Cl)c2)c(C)n1. The number of hydrogen-bond acceptors (Lipinski definition) is 3. The molecule has 162 valence electrons. The minimum Gasteiger partial charge on any atom is -0.370 e. The van der Waals surface area contributed by atoms with Gasteiger partial charge in [0.2, 0.25) is 0 Å². The first-order valence-corrected chi connectivity index (χ1v) is 10.7. The van der Waals surface area contributed by atoms with Gasteiger partial charge >= 0.3 is 0 Å². The Hall–Kier alpha value is -2.73. The van der Waals surface area contributed by atoms with Crippen LogP contribution in [0, 0.1) is 19.7 Å². The Labute approximate surface area is 185 Å². The summed E-state index contributed by atoms with van der Waals surface area (Å²) in [7, 11) is 0. The lowest BCUT2D eigenvalue weighted by Crippen LogP contribution is -2.43. The molecule has 0 radical (unpaired) electrons. The highest BCUT2D eigenvalue weighted by molar-refractivity contribution is 6.33. The number of alkyl halides is 1. The van der Waals surface area contributed by atoms with Gasteiger partial charge in [0.05, 0.1) is 16.4 Å². The van der Waals surface area contributed by atoms with E-state index in [-0.39, 0.29) is 17.8 Å². The molecule has 0 atom stereocenters. The van der Waals surface area contributed by atoms with Gasteiger partial charge in [-0.25, -0.2) is 13.8 Å². The van der Waals surface area contributed by atoms with E-state index in [1.54, 1.807) is 32.0 Å². The molecule has 0 aliphatic carbocycles. The highest BCUT2D eigenvalue weighted by Gasteiger charge is 2.35. The summed E-state index contributed by atoms with van der Waals surface area (Å²) in [5.74, 6) is 0.245. The molecule has 4 nitrogen and oxygen atoms in total. The lowest BCUT2D eigenvalue weighted by molar-refractivity contribution is 0.125. The van der Waals surface area contributed by atoms with Crippen LogP contribution in [0.3, 0.4) is 0 Å². The smallest absolute Gasteiger partial charge is 0.258 e. The molecule has 31 heavy (non-hydrogen) atoms. The van der Waals surface area contributed by atoms with E-state index in [1.807, 2.05) is 12.1 Å². The molecule has 2 aromatic carbocycles. The van der Waals surface area contributed by atoms with Crippen LogP contribution < -0.4 is 10.5 Å². The standard InChI is InChI=1S/C24H24ClF2N3O/c1-16-12-23(31)30(17(2)28-16)20-6-7-22(21(25)14-20)29-10-8-24(27,9-11-29)15-18-4-3-5-19(26)13-18/h3-7,12-14H,8-11,15H2,1-2H3. The van der Waals surface area contributed by atoms with Gasteiger partial charge in [0.15, 0.2) is 0 Å². The van der Waals surface area contributed by atoms with E-state index in [4.69, 9.17) is 11.6 Å². The van der Waals surface area contributed by atoms with Crippen molar-refractivity contribution in [2.45, 2.75) is 38.8 Å². The number of anilines is 1. The molecule has 3 aromatic rings. The molecule has 0 spiro atoms. The molecule has 1 fully saturated rings. The zero-order valence-corrected chi connectivity index (χ0v) is 18.3. The van der Waals surface area contributed by atoms with E-state index >= 15 is 4.39 Å². The molecule has 2 heterocycles. The summed E-state index contributed by atoms with van der Waals surface area (Å²) < 4.78 is 30.3. The third kappa shape index (κ3) is 4.64. The monoisotopic (exact) mass is 443 g/mol. The Morgan fingerprint density at radius 2 is 1.84 bits per heavy atom. The largest absolute Gasteiger partial charge is 0.370 e. The molecule has 4 rings (SSSR count). The molecule has 1 aromatic heterocycles. The van der Waals surface area contributed by atoms with E-state index in [0.29, 0.717) is 53.7 Å². The van der Waals surface area contributed by atoms with Crippen LogP contribution in [-0.4, -0.2) is 28.3 Å². The van der Waals surface area contributed by atoms with Crippen molar-refractivity contribution in [1.82, 2.24) is 9.55 Å². The topological polar surface area (TPSA) is 38.1 Å². The molecule has 0 N–H and O–H groups in total. The molecule has 1 aliphatic heterocycles. The second-order valence-electron chi connectivity index (χ2n) is 8.20. The average molecular weight is 444 g/mol. The fraction of sp³-hybridized carbons (Fsp3) is 0.333. The molecule has 0 amide bonds. The van der Waals surface area contributed by atoms with E-state index in [9.17, 15) is 9.18 Å². The van der Waals surface area contributed by atoms with Crippen molar-refractivity contribution in [3.05, 3.63) is 86.8 Å². The highest BCUT2D eigenvalue weighted by Crippen LogP contribution is 2.36. The summed E-state index contributed by atoms with van der Waals surface area (Å²) in [5, 5.41) is 0.501. The van der Waals surface area contributed by atoms with Crippen LogP contribution >= 0.6 is 11.6 Å². The molecule has 1 saturated heterocycles. The second-order valence-corrected chi connectivity index (χ2v) is 8.61. The average Bonchev–Trinajstić information content (AvgIpc) is 2.68. The van der Waals surface area contributed by atoms with Gasteiger partial charge in [-0.2, -0.15) is 0 Å². The van der Waals surface area contributed by atoms with Crippen molar-refractivity contribution in [1.29, 1.82) is 0 Å². The highest BCUT2D eigenvalue weighted by atomic mass is 35.5. The summed E-state index contributed by atoms with van der Waals surface area (Å²) in [6, 6.07) is 13.1. The van der Waals surface area contributed by atoms with E-state index in [2.05, 4.69) is 9.88 Å². The van der Waals surface area contributed by atoms with Gasteiger partial charge in [0.25, 0.3) is 5.56 Å². The zero-order valence-electron chi connectivity index (χ0n) is 17.5. The Bertz CT molecular complexity index is 1170. The number of piperidine rings is 1. The summed E-state index contributed by atoms with van der Waals surface area (Å²) >= 11 is 6.55. The predicted molar refractivity (Wildman–Crippen MR) is 120 cm³/mol. The Morgan fingerprint density at radius 1 is 1.10 bits per heavy atom. The zero-order chi connectivity index (χ0) is 22.2. The Morgan fingerprint density at radius 3 is 2.48 bits per heavy atom. The summed E-state index contributed by atoms with van der Waals surface area (Å²) in [5.41, 5.74) is 1.27. The van der Waals surface area contributed by atoms with Crippen molar-refractivity contribution >= 4 is 17.3 Å². The predicted octanol–water partition coefficient (Wildman–Crippen LogP) is 5.19. The normalized spacial score (nSPS) is 15.8. The molecular weight excluding hydrogens is 420 g/mol. The summed E-state index contributed by atoms with van der Waals surface area (Å²) in [4.78, 5) is 18.8. The van der Waals surface area contributed by atoms with Crippen LogP contribution in [0.25, 0.3) is 5.69 Å². The van der Waals surface area contributed by atoms with Crippen LogP contribution in [0.1, 0.15) is 29.9 Å². The van der Waals surface area contributed by atoms with Crippen LogP contribution in [-0.2, 0) is 6.42 Å². The van der Waals surface area contributed by atoms with Gasteiger partial charge in [-0.05, 0) is 62.6 Å². The molecular formula is C24H24ClF2N3O. The Balaban J connectivity index is 1.50. The first-order valence-electron chi connectivity index (χ1n) is 10.3. The van der Waals surface area contributed by atoms with E-state index in [1.165, 1.54) is 22.8 Å². The van der Waals surface area contributed by atoms with Gasteiger partial charge in [-0.1, -0.05) is 23.7 Å². The molecule has 0 unspecified atom stereocenters. The second kappa shape index (κ2) is 8.42.